The van der Waals surface area contributed by atoms with Crippen LogP contribution >= 0.6 is 0 Å². The van der Waals surface area contributed by atoms with Gasteiger partial charge in [-0.2, -0.15) is 0 Å². The van der Waals surface area contributed by atoms with Gasteiger partial charge in [-0.05, 0) is 59.5 Å². The van der Waals surface area contributed by atoms with E-state index in [0.717, 1.165) is 57.7 Å². The number of amides is 1. The number of H-pyrrole nitrogens is 1. The summed E-state index contributed by atoms with van der Waals surface area (Å²) in [6, 6.07) is 20.4. The van der Waals surface area contributed by atoms with Crippen molar-refractivity contribution in [2.45, 2.75) is 33.2 Å². The highest BCUT2D eigenvalue weighted by molar-refractivity contribution is 5.94. The smallest absolute Gasteiger partial charge is 0.254 e. The maximum absolute atomic E-state index is 13.2. The molecule has 0 fully saturated rings. The lowest BCUT2D eigenvalue weighted by atomic mass is 10.0. The summed E-state index contributed by atoms with van der Waals surface area (Å²) in [5.74, 6) is 1.88. The van der Waals surface area contributed by atoms with Crippen molar-refractivity contribution in [2.24, 2.45) is 0 Å². The summed E-state index contributed by atoms with van der Waals surface area (Å²) in [5, 5.41) is 0. The van der Waals surface area contributed by atoms with Crippen LogP contribution in [-0.2, 0) is 19.4 Å². The number of ether oxygens (including phenoxy) is 1. The van der Waals surface area contributed by atoms with E-state index in [4.69, 9.17) is 4.74 Å². The Labute approximate surface area is 188 Å². The van der Waals surface area contributed by atoms with Gasteiger partial charge in [0, 0.05) is 24.1 Å². The maximum Gasteiger partial charge on any atom is 0.254 e. The predicted molar refractivity (Wildman–Crippen MR) is 127 cm³/mol. The Morgan fingerprint density at radius 1 is 1.00 bits per heavy atom. The lowest BCUT2D eigenvalue weighted by Crippen LogP contribution is -2.32. The van der Waals surface area contributed by atoms with Crippen molar-refractivity contribution < 1.29 is 9.53 Å². The Bertz CT molecular complexity index is 1270. The van der Waals surface area contributed by atoms with E-state index in [1.165, 1.54) is 5.56 Å². The van der Waals surface area contributed by atoms with E-state index in [1.54, 1.807) is 0 Å². The van der Waals surface area contributed by atoms with E-state index in [2.05, 4.69) is 54.1 Å². The summed E-state index contributed by atoms with van der Waals surface area (Å²) in [5.41, 5.74) is 7.21. The number of carbonyl (C=O) groups excluding carboxylic acids is 1. The van der Waals surface area contributed by atoms with Crippen molar-refractivity contribution in [3.8, 4) is 16.9 Å². The van der Waals surface area contributed by atoms with Crippen LogP contribution < -0.4 is 4.74 Å². The summed E-state index contributed by atoms with van der Waals surface area (Å²) in [6.07, 6.45) is 1.84. The fourth-order valence-electron chi connectivity index (χ4n) is 4.22. The summed E-state index contributed by atoms with van der Waals surface area (Å²) < 4.78 is 5.97. The molecule has 2 heterocycles. The lowest BCUT2D eigenvalue weighted by Gasteiger charge is -2.20. The zero-order valence-electron chi connectivity index (χ0n) is 18.5. The third-order valence-electron chi connectivity index (χ3n) is 6.14. The number of imidazole rings is 1. The van der Waals surface area contributed by atoms with Crippen LogP contribution in [0.1, 0.15) is 41.2 Å². The molecule has 4 aromatic rings. The Morgan fingerprint density at radius 3 is 2.56 bits per heavy atom. The van der Waals surface area contributed by atoms with E-state index < -0.39 is 0 Å². The fraction of sp³-hybridized carbons (Fsp3) is 0.259. The Balaban J connectivity index is 1.43. The Kier molecular flexibility index (Phi) is 5.39. The molecular weight excluding hydrogens is 398 g/mol. The number of aromatic nitrogens is 2. The largest absolute Gasteiger partial charge is 0.491 e. The first-order chi connectivity index (χ1) is 15.6. The van der Waals surface area contributed by atoms with Crippen molar-refractivity contribution in [2.75, 3.05) is 13.2 Å². The molecule has 1 aliphatic heterocycles. The molecule has 1 amide bonds. The first kappa shape index (κ1) is 20.3. The van der Waals surface area contributed by atoms with Crippen LogP contribution in [0.4, 0.5) is 0 Å². The zero-order valence-corrected chi connectivity index (χ0v) is 18.5. The molecule has 0 aliphatic carbocycles. The molecule has 32 heavy (non-hydrogen) atoms. The molecule has 5 nitrogen and oxygen atoms in total. The molecule has 0 saturated carbocycles. The average Bonchev–Trinajstić information content (AvgIpc) is 3.14. The van der Waals surface area contributed by atoms with Crippen molar-refractivity contribution >= 4 is 16.9 Å². The van der Waals surface area contributed by atoms with Crippen LogP contribution in [0.3, 0.4) is 0 Å². The average molecular weight is 426 g/mol. The molecule has 1 N–H and O–H groups in total. The van der Waals surface area contributed by atoms with Crippen LogP contribution in [0.5, 0.6) is 5.75 Å². The molecular formula is C27H27N3O2. The number of fused-ring (bicyclic) bond motifs is 2. The highest BCUT2D eigenvalue weighted by atomic mass is 16.5. The van der Waals surface area contributed by atoms with Gasteiger partial charge in [0.25, 0.3) is 5.91 Å². The molecule has 0 unspecified atom stereocenters. The molecule has 162 valence electrons. The second-order valence-electron chi connectivity index (χ2n) is 8.22. The normalized spacial score (nSPS) is 13.5. The number of hydrogen-bond acceptors (Lipinski definition) is 3. The highest BCUT2D eigenvalue weighted by Gasteiger charge is 2.21. The topological polar surface area (TPSA) is 58.2 Å². The minimum atomic E-state index is 0.0421. The number of nitrogens with one attached hydrogen (secondary N) is 1. The lowest BCUT2D eigenvalue weighted by molar-refractivity contribution is 0.0733. The van der Waals surface area contributed by atoms with E-state index >= 15 is 0 Å². The van der Waals surface area contributed by atoms with Gasteiger partial charge in [0.15, 0.2) is 0 Å². The van der Waals surface area contributed by atoms with Gasteiger partial charge in [-0.1, -0.05) is 38.1 Å². The van der Waals surface area contributed by atoms with Crippen LogP contribution in [0.15, 0.2) is 60.7 Å². The summed E-state index contributed by atoms with van der Waals surface area (Å²) in [7, 11) is 0. The highest BCUT2D eigenvalue weighted by Crippen LogP contribution is 2.31. The van der Waals surface area contributed by atoms with Crippen LogP contribution in [-0.4, -0.2) is 33.9 Å². The molecule has 0 atom stereocenters. The van der Waals surface area contributed by atoms with Gasteiger partial charge in [-0.25, -0.2) is 4.98 Å². The number of rotatable bonds is 4. The fourth-order valence-corrected chi connectivity index (χ4v) is 4.22. The molecule has 0 spiro atoms. The van der Waals surface area contributed by atoms with E-state index in [-0.39, 0.29) is 5.91 Å². The van der Waals surface area contributed by atoms with Crippen LogP contribution in [0.25, 0.3) is 22.2 Å². The van der Waals surface area contributed by atoms with Gasteiger partial charge in [0.2, 0.25) is 0 Å². The Morgan fingerprint density at radius 2 is 1.78 bits per heavy atom. The minimum Gasteiger partial charge on any atom is -0.491 e. The van der Waals surface area contributed by atoms with E-state index in [9.17, 15) is 4.79 Å². The molecule has 0 bridgehead atoms. The third-order valence-corrected chi connectivity index (χ3v) is 6.14. The van der Waals surface area contributed by atoms with E-state index in [0.29, 0.717) is 19.7 Å². The molecule has 3 aromatic carbocycles. The number of aryl methyl sites for hydroxylation is 2. The van der Waals surface area contributed by atoms with Gasteiger partial charge >= 0.3 is 0 Å². The number of benzene rings is 3. The number of hydrogen-bond donors (Lipinski definition) is 1. The third kappa shape index (κ3) is 3.86. The number of nitrogens with zero attached hydrogens (tertiary/aromatic N) is 2. The van der Waals surface area contributed by atoms with Gasteiger partial charge in [-0.3, -0.25) is 4.79 Å². The van der Waals surface area contributed by atoms with Gasteiger partial charge < -0.3 is 14.6 Å². The van der Waals surface area contributed by atoms with Gasteiger partial charge in [-0.15, -0.1) is 0 Å². The van der Waals surface area contributed by atoms with Crippen LogP contribution in [0.2, 0.25) is 0 Å². The van der Waals surface area contributed by atoms with Crippen molar-refractivity contribution in [1.29, 1.82) is 0 Å². The standard InChI is InChI=1S/C27H27N3O2/c1-3-18-5-7-19(8-6-18)27(31)30-13-14-32-25-12-10-20(15-22(25)17-30)21-9-11-23-24(16-21)29-26(4-2)28-23/h5-12,15-16H,3-4,13-14,17H2,1-2H3,(H,28,29). The van der Waals surface area contributed by atoms with Crippen molar-refractivity contribution in [3.05, 3.63) is 83.2 Å². The number of aromatic amines is 1. The minimum absolute atomic E-state index is 0.0421. The SMILES string of the molecule is CCc1ccc(C(=O)N2CCOc3ccc(-c4ccc5nc(CC)[nH]c5c4)cc3C2)cc1. The van der Waals surface area contributed by atoms with Gasteiger partial charge in [0.1, 0.15) is 18.2 Å². The molecule has 1 aliphatic rings. The quantitative estimate of drug-likeness (QED) is 0.477. The maximum atomic E-state index is 13.2. The zero-order chi connectivity index (χ0) is 22.1. The molecule has 0 saturated heterocycles. The first-order valence-corrected chi connectivity index (χ1v) is 11.3. The van der Waals surface area contributed by atoms with E-state index in [1.807, 2.05) is 35.2 Å². The molecule has 5 rings (SSSR count). The van der Waals surface area contributed by atoms with Crippen LogP contribution in [0, 0.1) is 0 Å². The second kappa shape index (κ2) is 8.50. The first-order valence-electron chi connectivity index (χ1n) is 11.3. The van der Waals surface area contributed by atoms with Crippen molar-refractivity contribution in [1.82, 2.24) is 14.9 Å². The predicted octanol–water partition coefficient (Wildman–Crippen LogP) is 5.39. The Hall–Kier alpha value is -3.60. The number of carbonyl (C=O) groups is 1. The summed E-state index contributed by atoms with van der Waals surface area (Å²) in [6.45, 7) is 5.80. The summed E-state index contributed by atoms with van der Waals surface area (Å²) >= 11 is 0. The summed E-state index contributed by atoms with van der Waals surface area (Å²) in [4.78, 5) is 23.0. The second-order valence-corrected chi connectivity index (χ2v) is 8.22. The molecule has 5 heteroatoms. The monoisotopic (exact) mass is 425 g/mol. The molecule has 1 aromatic heterocycles. The van der Waals surface area contributed by atoms with Gasteiger partial charge in [0.05, 0.1) is 17.6 Å². The molecule has 0 radical (unpaired) electrons. The van der Waals surface area contributed by atoms with Crippen molar-refractivity contribution in [3.63, 3.8) is 0 Å².